The smallest absolute Gasteiger partial charge is 0.195 e. The average molecular weight is 250 g/mol. The van der Waals surface area contributed by atoms with E-state index in [0.717, 1.165) is 0 Å². The third-order valence-electron chi connectivity index (χ3n) is 2.36. The first-order valence-corrected chi connectivity index (χ1v) is 5.31. The van der Waals surface area contributed by atoms with Crippen LogP contribution in [0.1, 0.15) is 15.9 Å². The molecule has 0 spiro atoms. The molecule has 86 valence electrons. The largest absolute Gasteiger partial charge is 0.398 e. The molecule has 0 atom stereocenters. The fraction of sp³-hybridized carbons (Fsp3) is 0. The summed E-state index contributed by atoms with van der Waals surface area (Å²) >= 11 is 5.75. The summed E-state index contributed by atoms with van der Waals surface area (Å²) in [5.74, 6) is -0.634. The Labute approximate surface area is 103 Å². The maximum absolute atomic E-state index is 12.7. The minimum Gasteiger partial charge on any atom is -0.398 e. The van der Waals surface area contributed by atoms with Crippen molar-refractivity contribution in [3.8, 4) is 0 Å². The van der Waals surface area contributed by atoms with Crippen LogP contribution >= 0.6 is 11.6 Å². The summed E-state index contributed by atoms with van der Waals surface area (Å²) in [5.41, 5.74) is 6.77. The Morgan fingerprint density at radius 1 is 1.12 bits per heavy atom. The number of anilines is 1. The van der Waals surface area contributed by atoms with Crippen LogP contribution in [0.3, 0.4) is 0 Å². The predicted molar refractivity (Wildman–Crippen MR) is 65.7 cm³/mol. The number of rotatable bonds is 2. The van der Waals surface area contributed by atoms with Crippen LogP contribution in [0.5, 0.6) is 0 Å². The van der Waals surface area contributed by atoms with Crippen molar-refractivity contribution >= 4 is 23.1 Å². The Kier molecular flexibility index (Phi) is 3.11. The lowest BCUT2D eigenvalue weighted by atomic mass is 10.0. The van der Waals surface area contributed by atoms with E-state index in [4.69, 9.17) is 17.3 Å². The van der Waals surface area contributed by atoms with Crippen LogP contribution in [0.15, 0.2) is 42.5 Å². The summed E-state index contributed by atoms with van der Waals surface area (Å²) < 4.78 is 12.7. The summed E-state index contributed by atoms with van der Waals surface area (Å²) in [5, 5.41) is 0.471. The number of benzene rings is 2. The van der Waals surface area contributed by atoms with Crippen LogP contribution in [-0.4, -0.2) is 5.78 Å². The molecule has 2 rings (SSSR count). The highest BCUT2D eigenvalue weighted by molar-refractivity contribution is 6.31. The Hall–Kier alpha value is -1.87. The zero-order chi connectivity index (χ0) is 12.4. The lowest BCUT2D eigenvalue weighted by molar-refractivity contribution is 0.103. The first-order valence-electron chi connectivity index (χ1n) is 4.93. The predicted octanol–water partition coefficient (Wildman–Crippen LogP) is 3.29. The molecule has 2 nitrogen and oxygen atoms in total. The molecule has 2 aromatic rings. The highest BCUT2D eigenvalue weighted by atomic mass is 35.5. The van der Waals surface area contributed by atoms with Crippen molar-refractivity contribution in [3.05, 3.63) is 64.4 Å². The minimum atomic E-state index is -0.384. The summed E-state index contributed by atoms with van der Waals surface area (Å²) in [6.45, 7) is 0. The van der Waals surface area contributed by atoms with E-state index in [0.29, 0.717) is 21.8 Å². The highest BCUT2D eigenvalue weighted by Gasteiger charge is 2.12. The van der Waals surface area contributed by atoms with E-state index in [1.807, 2.05) is 0 Å². The molecule has 0 fully saturated rings. The number of carbonyl (C=O) groups is 1. The van der Waals surface area contributed by atoms with Gasteiger partial charge in [-0.3, -0.25) is 4.79 Å². The fourth-order valence-corrected chi connectivity index (χ4v) is 1.68. The highest BCUT2D eigenvalue weighted by Crippen LogP contribution is 2.21. The second-order valence-corrected chi connectivity index (χ2v) is 4.00. The molecular formula is C13H9ClFNO. The van der Waals surface area contributed by atoms with Gasteiger partial charge in [0.25, 0.3) is 0 Å². The normalized spacial score (nSPS) is 10.2. The molecule has 0 saturated heterocycles. The summed E-state index contributed by atoms with van der Waals surface area (Å²) in [6, 6.07) is 9.98. The van der Waals surface area contributed by atoms with Gasteiger partial charge in [-0.1, -0.05) is 11.6 Å². The van der Waals surface area contributed by atoms with Crippen LogP contribution in [-0.2, 0) is 0 Å². The first-order chi connectivity index (χ1) is 8.08. The van der Waals surface area contributed by atoms with Crippen LogP contribution < -0.4 is 5.73 Å². The SMILES string of the molecule is Nc1cc(Cl)ccc1C(=O)c1ccc(F)cc1. The topological polar surface area (TPSA) is 43.1 Å². The van der Waals surface area contributed by atoms with Gasteiger partial charge in [-0.15, -0.1) is 0 Å². The monoisotopic (exact) mass is 249 g/mol. The molecule has 4 heteroatoms. The van der Waals surface area contributed by atoms with Gasteiger partial charge in [0, 0.05) is 21.8 Å². The second-order valence-electron chi connectivity index (χ2n) is 3.57. The molecule has 0 aromatic heterocycles. The van der Waals surface area contributed by atoms with Crippen LogP contribution in [0, 0.1) is 5.82 Å². The molecule has 0 unspecified atom stereocenters. The molecule has 17 heavy (non-hydrogen) atoms. The Morgan fingerprint density at radius 3 is 2.35 bits per heavy atom. The first kappa shape index (κ1) is 11.6. The van der Waals surface area contributed by atoms with Crippen molar-refractivity contribution < 1.29 is 9.18 Å². The second kappa shape index (κ2) is 4.55. The Bertz CT molecular complexity index is 566. The molecule has 0 radical (unpaired) electrons. The summed E-state index contributed by atoms with van der Waals surface area (Å²) in [6.07, 6.45) is 0. The molecule has 0 bridgehead atoms. The van der Waals surface area contributed by atoms with E-state index in [1.165, 1.54) is 30.3 Å². The summed E-state index contributed by atoms with van der Waals surface area (Å²) in [4.78, 5) is 12.0. The molecule has 2 aromatic carbocycles. The number of nitrogens with two attached hydrogens (primary N) is 1. The van der Waals surface area contributed by atoms with Crippen molar-refractivity contribution in [3.63, 3.8) is 0 Å². The number of halogens is 2. The van der Waals surface area contributed by atoms with Crippen molar-refractivity contribution in [2.24, 2.45) is 0 Å². The quantitative estimate of drug-likeness (QED) is 0.656. The van der Waals surface area contributed by atoms with E-state index in [9.17, 15) is 9.18 Å². The fourth-order valence-electron chi connectivity index (χ4n) is 1.50. The van der Waals surface area contributed by atoms with Crippen LogP contribution in [0.4, 0.5) is 10.1 Å². The molecule has 0 aliphatic carbocycles. The van der Waals surface area contributed by atoms with Gasteiger partial charge in [0.2, 0.25) is 0 Å². The molecule has 0 aliphatic heterocycles. The number of carbonyl (C=O) groups excluding carboxylic acids is 1. The molecule has 0 heterocycles. The van der Waals surface area contributed by atoms with Gasteiger partial charge in [-0.05, 0) is 42.5 Å². The third-order valence-corrected chi connectivity index (χ3v) is 2.60. The maximum Gasteiger partial charge on any atom is 0.195 e. The molecule has 0 amide bonds. The van der Waals surface area contributed by atoms with Gasteiger partial charge < -0.3 is 5.73 Å². The number of nitrogen functional groups attached to an aromatic ring is 1. The summed E-state index contributed by atoms with van der Waals surface area (Å²) in [7, 11) is 0. The van der Waals surface area contributed by atoms with Gasteiger partial charge in [0.05, 0.1) is 0 Å². The van der Waals surface area contributed by atoms with E-state index >= 15 is 0 Å². The zero-order valence-electron chi connectivity index (χ0n) is 8.78. The molecule has 0 aliphatic rings. The number of hydrogen-bond acceptors (Lipinski definition) is 2. The van der Waals surface area contributed by atoms with E-state index in [-0.39, 0.29) is 11.6 Å². The Balaban J connectivity index is 2.40. The van der Waals surface area contributed by atoms with E-state index in [2.05, 4.69) is 0 Å². The Morgan fingerprint density at radius 2 is 1.76 bits per heavy atom. The molecule has 0 saturated carbocycles. The minimum absolute atomic E-state index is 0.251. The standard InChI is InChI=1S/C13H9ClFNO/c14-9-3-6-11(12(16)7-9)13(17)8-1-4-10(15)5-2-8/h1-7H,16H2. The van der Waals surface area contributed by atoms with Gasteiger partial charge in [0.1, 0.15) is 5.82 Å². The van der Waals surface area contributed by atoms with Crippen molar-refractivity contribution in [1.82, 2.24) is 0 Å². The van der Waals surface area contributed by atoms with Crippen LogP contribution in [0.25, 0.3) is 0 Å². The number of ketones is 1. The lowest BCUT2D eigenvalue weighted by Gasteiger charge is -2.05. The van der Waals surface area contributed by atoms with Gasteiger partial charge in [0.15, 0.2) is 5.78 Å². The average Bonchev–Trinajstić information content (AvgIpc) is 2.29. The third kappa shape index (κ3) is 2.45. The van der Waals surface area contributed by atoms with Crippen molar-refractivity contribution in [1.29, 1.82) is 0 Å². The van der Waals surface area contributed by atoms with Gasteiger partial charge in [-0.2, -0.15) is 0 Å². The lowest BCUT2D eigenvalue weighted by Crippen LogP contribution is -2.05. The molecule has 2 N–H and O–H groups in total. The van der Waals surface area contributed by atoms with E-state index in [1.54, 1.807) is 12.1 Å². The van der Waals surface area contributed by atoms with Crippen molar-refractivity contribution in [2.45, 2.75) is 0 Å². The number of hydrogen-bond donors (Lipinski definition) is 1. The van der Waals surface area contributed by atoms with Gasteiger partial charge in [-0.25, -0.2) is 4.39 Å². The van der Waals surface area contributed by atoms with Crippen LogP contribution in [0.2, 0.25) is 5.02 Å². The van der Waals surface area contributed by atoms with Gasteiger partial charge >= 0.3 is 0 Å². The van der Waals surface area contributed by atoms with Crippen molar-refractivity contribution in [2.75, 3.05) is 5.73 Å². The maximum atomic E-state index is 12.7. The molecular weight excluding hydrogens is 241 g/mol. The van der Waals surface area contributed by atoms with E-state index < -0.39 is 0 Å². The zero-order valence-corrected chi connectivity index (χ0v) is 9.54.